The summed E-state index contributed by atoms with van der Waals surface area (Å²) in [7, 11) is -0.875. The highest BCUT2D eigenvalue weighted by molar-refractivity contribution is 8.00. The van der Waals surface area contributed by atoms with Crippen molar-refractivity contribution < 1.29 is 27.5 Å². The number of carbonyl (C=O) groups excluding carboxylic acids is 2. The van der Waals surface area contributed by atoms with Crippen molar-refractivity contribution in [3.05, 3.63) is 35.4 Å². The Hall–Kier alpha value is -2.43. The maximum Gasteiger partial charge on any atom is 0.225 e. The molecule has 1 aliphatic heterocycles. The molecular weight excluding hydrogens is 476 g/mol. The van der Waals surface area contributed by atoms with Gasteiger partial charge >= 0.3 is 0 Å². The lowest BCUT2D eigenvalue weighted by Gasteiger charge is -2.14. The summed E-state index contributed by atoms with van der Waals surface area (Å²) in [5.74, 6) is -0.367. The standard InChI is InChI=1S/C21H23ClN2O6S2/c1-12-8-20(26)23-16-11-14(4-5-18(16)31-12)32(27,28)7-6-19(25)24-21-15(22)9-13(29-2)10-17(21)30-3/h4-5,9-12H,6-8H2,1-3H3,(H,23,26)(H,24,25). The second-order valence-corrected chi connectivity index (χ2v) is 11.1. The van der Waals surface area contributed by atoms with Gasteiger partial charge in [0, 0.05) is 35.1 Å². The number of thioether (sulfide) groups is 1. The van der Waals surface area contributed by atoms with Gasteiger partial charge in [0.15, 0.2) is 9.84 Å². The van der Waals surface area contributed by atoms with Gasteiger partial charge in [0.1, 0.15) is 17.2 Å². The van der Waals surface area contributed by atoms with Crippen LogP contribution in [-0.2, 0) is 19.4 Å². The summed E-state index contributed by atoms with van der Waals surface area (Å²) < 4.78 is 36.0. The molecule has 1 heterocycles. The second-order valence-electron chi connectivity index (χ2n) is 7.14. The summed E-state index contributed by atoms with van der Waals surface area (Å²) in [5, 5.41) is 5.63. The number of anilines is 2. The highest BCUT2D eigenvalue weighted by atomic mass is 35.5. The van der Waals surface area contributed by atoms with Crippen LogP contribution in [0.3, 0.4) is 0 Å². The van der Waals surface area contributed by atoms with Crippen molar-refractivity contribution in [2.75, 3.05) is 30.6 Å². The Morgan fingerprint density at radius 3 is 2.69 bits per heavy atom. The molecule has 0 aromatic heterocycles. The number of amides is 2. The zero-order chi connectivity index (χ0) is 23.5. The minimum atomic E-state index is -3.77. The number of rotatable bonds is 7. The first kappa shape index (κ1) is 24.2. The Morgan fingerprint density at radius 2 is 2.00 bits per heavy atom. The van der Waals surface area contributed by atoms with Crippen molar-refractivity contribution in [3.63, 3.8) is 0 Å². The van der Waals surface area contributed by atoms with Crippen molar-refractivity contribution in [1.29, 1.82) is 0 Å². The summed E-state index contributed by atoms with van der Waals surface area (Å²) in [6.07, 6.45) is 0.0576. The quantitative estimate of drug-likeness (QED) is 0.593. The average Bonchev–Trinajstić information content (AvgIpc) is 2.88. The van der Waals surface area contributed by atoms with Crippen molar-refractivity contribution in [2.24, 2.45) is 0 Å². The summed E-state index contributed by atoms with van der Waals surface area (Å²) in [6, 6.07) is 7.68. The Morgan fingerprint density at radius 1 is 1.25 bits per heavy atom. The number of benzene rings is 2. The van der Waals surface area contributed by atoms with E-state index >= 15 is 0 Å². The molecule has 0 fully saturated rings. The third kappa shape index (κ3) is 5.67. The molecule has 0 saturated carbocycles. The molecule has 0 saturated heterocycles. The van der Waals surface area contributed by atoms with Crippen LogP contribution in [0.15, 0.2) is 40.1 Å². The number of methoxy groups -OCH3 is 2. The molecule has 11 heteroatoms. The molecule has 0 spiro atoms. The molecule has 1 unspecified atom stereocenters. The third-order valence-electron chi connectivity index (χ3n) is 4.73. The molecular formula is C21H23ClN2O6S2. The third-order valence-corrected chi connectivity index (χ3v) is 7.92. The van der Waals surface area contributed by atoms with Gasteiger partial charge in [0.25, 0.3) is 0 Å². The predicted molar refractivity (Wildman–Crippen MR) is 125 cm³/mol. The van der Waals surface area contributed by atoms with Crippen LogP contribution in [0.25, 0.3) is 0 Å². The van der Waals surface area contributed by atoms with E-state index in [4.69, 9.17) is 21.1 Å². The van der Waals surface area contributed by atoms with Crippen molar-refractivity contribution in [1.82, 2.24) is 0 Å². The zero-order valence-corrected chi connectivity index (χ0v) is 20.1. The smallest absolute Gasteiger partial charge is 0.225 e. The number of sulfone groups is 1. The predicted octanol–water partition coefficient (Wildman–Crippen LogP) is 3.98. The number of hydrogen-bond donors (Lipinski definition) is 2. The van der Waals surface area contributed by atoms with Crippen LogP contribution in [-0.4, -0.2) is 45.5 Å². The van der Waals surface area contributed by atoms with E-state index in [1.165, 1.54) is 44.2 Å². The molecule has 0 radical (unpaired) electrons. The molecule has 1 aliphatic rings. The van der Waals surface area contributed by atoms with Gasteiger partial charge < -0.3 is 20.1 Å². The van der Waals surface area contributed by atoms with Crippen LogP contribution in [0, 0.1) is 0 Å². The monoisotopic (exact) mass is 498 g/mol. The molecule has 172 valence electrons. The lowest BCUT2D eigenvalue weighted by Crippen LogP contribution is -2.18. The SMILES string of the molecule is COc1cc(Cl)c(NC(=O)CCS(=O)(=O)c2ccc3c(c2)NC(=O)CC(C)S3)c(OC)c1. The van der Waals surface area contributed by atoms with E-state index in [2.05, 4.69) is 10.6 Å². The van der Waals surface area contributed by atoms with Crippen molar-refractivity contribution >= 4 is 56.4 Å². The van der Waals surface area contributed by atoms with Gasteiger partial charge in [-0.15, -0.1) is 11.8 Å². The van der Waals surface area contributed by atoms with E-state index in [9.17, 15) is 18.0 Å². The number of carbonyl (C=O) groups is 2. The molecule has 8 nitrogen and oxygen atoms in total. The maximum atomic E-state index is 12.8. The Balaban J connectivity index is 1.72. The fraction of sp³-hybridized carbons (Fsp3) is 0.333. The molecule has 2 aromatic carbocycles. The normalized spacial score (nSPS) is 15.9. The van der Waals surface area contributed by atoms with Crippen molar-refractivity contribution in [2.45, 2.75) is 34.8 Å². The van der Waals surface area contributed by atoms with Gasteiger partial charge in [0.2, 0.25) is 11.8 Å². The highest BCUT2D eigenvalue weighted by Gasteiger charge is 2.23. The van der Waals surface area contributed by atoms with Gasteiger partial charge in [-0.05, 0) is 18.2 Å². The second kappa shape index (κ2) is 10.0. The van der Waals surface area contributed by atoms with E-state index in [1.54, 1.807) is 12.1 Å². The van der Waals surface area contributed by atoms with Crippen LogP contribution in [0.1, 0.15) is 19.8 Å². The topological polar surface area (TPSA) is 111 Å². The first-order valence-electron chi connectivity index (χ1n) is 9.67. The summed E-state index contributed by atoms with van der Waals surface area (Å²) in [4.78, 5) is 25.3. The minimum Gasteiger partial charge on any atom is -0.497 e. The Labute approximate surface area is 195 Å². The van der Waals surface area contributed by atoms with Gasteiger partial charge in [0.05, 0.1) is 35.6 Å². The molecule has 2 N–H and O–H groups in total. The van der Waals surface area contributed by atoms with E-state index in [-0.39, 0.29) is 33.2 Å². The Kier molecular flexibility index (Phi) is 7.58. The lowest BCUT2D eigenvalue weighted by molar-refractivity contribution is -0.116. The van der Waals surface area contributed by atoms with Crippen LogP contribution in [0.2, 0.25) is 5.02 Å². The fourth-order valence-corrected chi connectivity index (χ4v) is 5.69. The molecule has 2 aromatic rings. The van der Waals surface area contributed by atoms with E-state index in [1.807, 2.05) is 6.92 Å². The Bertz CT molecular complexity index is 1150. The largest absolute Gasteiger partial charge is 0.497 e. The summed E-state index contributed by atoms with van der Waals surface area (Å²) >= 11 is 7.70. The first-order chi connectivity index (χ1) is 15.1. The van der Waals surface area contributed by atoms with E-state index < -0.39 is 21.5 Å². The number of ether oxygens (including phenoxy) is 2. The van der Waals surface area contributed by atoms with Gasteiger partial charge in [-0.25, -0.2) is 8.42 Å². The zero-order valence-electron chi connectivity index (χ0n) is 17.7. The van der Waals surface area contributed by atoms with Crippen LogP contribution in [0.4, 0.5) is 11.4 Å². The lowest BCUT2D eigenvalue weighted by atomic mass is 10.2. The van der Waals surface area contributed by atoms with Crippen LogP contribution < -0.4 is 20.1 Å². The first-order valence-corrected chi connectivity index (χ1v) is 12.6. The molecule has 0 bridgehead atoms. The minimum absolute atomic E-state index is 0.0413. The van der Waals surface area contributed by atoms with E-state index in [0.29, 0.717) is 23.6 Å². The van der Waals surface area contributed by atoms with E-state index in [0.717, 1.165) is 4.90 Å². The molecule has 32 heavy (non-hydrogen) atoms. The van der Waals surface area contributed by atoms with Gasteiger partial charge in [-0.1, -0.05) is 18.5 Å². The number of fused-ring (bicyclic) bond motifs is 1. The summed E-state index contributed by atoms with van der Waals surface area (Å²) in [5.41, 5.74) is 0.695. The molecule has 0 aliphatic carbocycles. The van der Waals surface area contributed by atoms with Gasteiger partial charge in [-0.3, -0.25) is 9.59 Å². The van der Waals surface area contributed by atoms with Crippen LogP contribution in [0.5, 0.6) is 11.5 Å². The molecule has 3 rings (SSSR count). The fourth-order valence-electron chi connectivity index (χ4n) is 3.13. The van der Waals surface area contributed by atoms with Gasteiger partial charge in [-0.2, -0.15) is 0 Å². The number of hydrogen-bond acceptors (Lipinski definition) is 7. The summed E-state index contributed by atoms with van der Waals surface area (Å²) in [6.45, 7) is 1.94. The molecule has 1 atom stereocenters. The van der Waals surface area contributed by atoms with Crippen LogP contribution >= 0.6 is 23.4 Å². The van der Waals surface area contributed by atoms with Crippen molar-refractivity contribution in [3.8, 4) is 11.5 Å². The molecule has 2 amide bonds. The maximum absolute atomic E-state index is 12.8. The highest BCUT2D eigenvalue weighted by Crippen LogP contribution is 2.38. The number of halogens is 1. The average molecular weight is 499 g/mol. The number of nitrogens with one attached hydrogen (secondary N) is 2.